The molecular formula is C18H23ClN2O5. The van der Waals surface area contributed by atoms with Gasteiger partial charge in [-0.15, -0.1) is 0 Å². The number of amides is 2. The molecule has 1 aromatic rings. The largest absolute Gasteiger partial charge is 0.490 e. The predicted molar refractivity (Wildman–Crippen MR) is 97.5 cm³/mol. The number of carbonyl (C=O) groups is 2. The Kier molecular flexibility index (Phi) is 6.37. The lowest BCUT2D eigenvalue weighted by Gasteiger charge is -2.33. The highest BCUT2D eigenvalue weighted by Gasteiger charge is 2.36. The number of benzene rings is 1. The molecule has 1 atom stereocenters. The number of hydrogen-bond donors (Lipinski definition) is 1. The highest BCUT2D eigenvalue weighted by atomic mass is 35.5. The maximum atomic E-state index is 12.3. The number of methoxy groups -OCH3 is 1. The van der Waals surface area contributed by atoms with Gasteiger partial charge in [0.1, 0.15) is 0 Å². The van der Waals surface area contributed by atoms with Gasteiger partial charge in [0.2, 0.25) is 0 Å². The van der Waals surface area contributed by atoms with Crippen LogP contribution in [0.2, 0.25) is 5.02 Å². The number of esters is 1. The molecule has 0 saturated heterocycles. The molecule has 0 fully saturated rings. The molecule has 142 valence electrons. The molecule has 26 heavy (non-hydrogen) atoms. The van der Waals surface area contributed by atoms with Gasteiger partial charge in [-0.2, -0.15) is 0 Å². The van der Waals surface area contributed by atoms with Gasteiger partial charge in [-0.1, -0.05) is 11.6 Å². The fraction of sp³-hybridized carbons (Fsp3) is 0.444. The zero-order valence-electron chi connectivity index (χ0n) is 15.5. The molecule has 0 aromatic heterocycles. The first-order valence-corrected chi connectivity index (χ1v) is 8.65. The Labute approximate surface area is 157 Å². The van der Waals surface area contributed by atoms with E-state index >= 15 is 0 Å². The minimum atomic E-state index is -0.756. The summed E-state index contributed by atoms with van der Waals surface area (Å²) in [7, 11) is 2.87. The first-order chi connectivity index (χ1) is 12.3. The normalized spacial score (nSPS) is 17.1. The fourth-order valence-corrected chi connectivity index (χ4v) is 3.01. The highest BCUT2D eigenvalue weighted by Crippen LogP contribution is 2.40. The van der Waals surface area contributed by atoms with E-state index < -0.39 is 12.0 Å². The molecule has 0 aliphatic carbocycles. The van der Waals surface area contributed by atoms with Gasteiger partial charge in [-0.3, -0.25) is 0 Å². The smallest absolute Gasteiger partial charge is 0.337 e. The van der Waals surface area contributed by atoms with E-state index in [9.17, 15) is 9.59 Å². The lowest BCUT2D eigenvalue weighted by atomic mass is 9.94. The number of rotatable bonds is 6. The molecule has 8 heteroatoms. The molecule has 1 unspecified atom stereocenters. The lowest BCUT2D eigenvalue weighted by Crippen LogP contribution is -2.46. The van der Waals surface area contributed by atoms with E-state index in [2.05, 4.69) is 5.32 Å². The van der Waals surface area contributed by atoms with Crippen molar-refractivity contribution in [2.75, 3.05) is 27.4 Å². The minimum Gasteiger partial charge on any atom is -0.490 e. The minimum absolute atomic E-state index is 0.308. The van der Waals surface area contributed by atoms with Crippen LogP contribution in [-0.4, -0.2) is 44.3 Å². The van der Waals surface area contributed by atoms with Gasteiger partial charge in [-0.25, -0.2) is 9.59 Å². The third-order valence-electron chi connectivity index (χ3n) is 4.13. The van der Waals surface area contributed by atoms with Crippen molar-refractivity contribution in [2.45, 2.75) is 26.8 Å². The molecule has 1 N–H and O–H groups in total. The molecule has 7 nitrogen and oxygen atoms in total. The van der Waals surface area contributed by atoms with E-state index in [1.165, 1.54) is 12.0 Å². The van der Waals surface area contributed by atoms with Gasteiger partial charge in [0.15, 0.2) is 11.5 Å². The van der Waals surface area contributed by atoms with Gasteiger partial charge >= 0.3 is 12.0 Å². The third kappa shape index (κ3) is 3.72. The van der Waals surface area contributed by atoms with Crippen molar-refractivity contribution in [1.82, 2.24) is 10.2 Å². The van der Waals surface area contributed by atoms with Crippen LogP contribution in [0.4, 0.5) is 4.79 Å². The Balaban J connectivity index is 2.62. The zero-order valence-corrected chi connectivity index (χ0v) is 16.3. The number of ether oxygens (including phenoxy) is 3. The van der Waals surface area contributed by atoms with Crippen LogP contribution in [0.5, 0.6) is 11.5 Å². The summed E-state index contributed by atoms with van der Waals surface area (Å²) >= 11 is 6.44. The average Bonchev–Trinajstić information content (AvgIpc) is 2.61. The van der Waals surface area contributed by atoms with Crippen LogP contribution in [0, 0.1) is 0 Å². The molecule has 1 aromatic carbocycles. The van der Waals surface area contributed by atoms with Crippen LogP contribution in [0.3, 0.4) is 0 Å². The summed E-state index contributed by atoms with van der Waals surface area (Å²) in [5.41, 5.74) is 1.33. The summed E-state index contributed by atoms with van der Waals surface area (Å²) in [5.74, 6) is 0.453. The first-order valence-electron chi connectivity index (χ1n) is 8.27. The number of nitrogens with one attached hydrogen (secondary N) is 1. The first kappa shape index (κ1) is 19.9. The SMILES string of the molecule is CCOc1cc(Cl)c(C2NC(=O)N(C)C(C)=C2C(=O)OC)cc1OCC. The number of urea groups is 1. The molecule has 2 amide bonds. The monoisotopic (exact) mass is 382 g/mol. The van der Waals surface area contributed by atoms with Crippen LogP contribution in [0.25, 0.3) is 0 Å². The van der Waals surface area contributed by atoms with E-state index in [0.717, 1.165) is 0 Å². The van der Waals surface area contributed by atoms with Gasteiger partial charge in [0.25, 0.3) is 0 Å². The van der Waals surface area contributed by atoms with Gasteiger partial charge in [0.05, 0.1) is 37.0 Å². The van der Waals surface area contributed by atoms with E-state index in [1.54, 1.807) is 26.1 Å². The van der Waals surface area contributed by atoms with E-state index in [1.807, 2.05) is 13.8 Å². The molecule has 0 bridgehead atoms. The van der Waals surface area contributed by atoms with Gasteiger partial charge in [-0.05, 0) is 26.8 Å². The zero-order chi connectivity index (χ0) is 19.4. The quantitative estimate of drug-likeness (QED) is 0.764. The van der Waals surface area contributed by atoms with Crippen molar-refractivity contribution in [2.24, 2.45) is 0 Å². The molecule has 0 spiro atoms. The Morgan fingerprint density at radius 3 is 2.35 bits per heavy atom. The van der Waals surface area contributed by atoms with E-state index in [4.69, 9.17) is 25.8 Å². The lowest BCUT2D eigenvalue weighted by molar-refractivity contribution is -0.136. The maximum Gasteiger partial charge on any atom is 0.337 e. The number of hydrogen-bond acceptors (Lipinski definition) is 5. The number of allylic oxidation sites excluding steroid dienone is 1. The van der Waals surface area contributed by atoms with Crippen molar-refractivity contribution < 1.29 is 23.8 Å². The van der Waals surface area contributed by atoms with Crippen LogP contribution in [0.1, 0.15) is 32.4 Å². The standard InChI is InChI=1S/C18H23ClN2O5/c1-6-25-13-8-11(12(19)9-14(13)26-7-2)16-15(17(22)24-5)10(3)21(4)18(23)20-16/h8-9,16H,6-7H2,1-5H3,(H,20,23). The second-order valence-electron chi connectivity index (χ2n) is 5.62. The molecule has 0 radical (unpaired) electrons. The summed E-state index contributed by atoms with van der Waals surface area (Å²) in [6.07, 6.45) is 0. The summed E-state index contributed by atoms with van der Waals surface area (Å²) < 4.78 is 16.1. The van der Waals surface area contributed by atoms with Crippen LogP contribution in [-0.2, 0) is 9.53 Å². The second-order valence-corrected chi connectivity index (χ2v) is 6.03. The van der Waals surface area contributed by atoms with Crippen molar-refractivity contribution in [3.05, 3.63) is 34.0 Å². The number of carbonyl (C=O) groups excluding carboxylic acids is 2. The second kappa shape index (κ2) is 8.31. The van der Waals surface area contributed by atoms with Crippen molar-refractivity contribution in [1.29, 1.82) is 0 Å². The Hall–Kier alpha value is -2.41. The number of nitrogens with zero attached hydrogens (tertiary/aromatic N) is 1. The van der Waals surface area contributed by atoms with Crippen molar-refractivity contribution in [3.63, 3.8) is 0 Å². The van der Waals surface area contributed by atoms with Crippen LogP contribution in [0.15, 0.2) is 23.4 Å². The Morgan fingerprint density at radius 2 is 1.81 bits per heavy atom. The molecule has 0 saturated carbocycles. The van der Waals surface area contributed by atoms with Crippen molar-refractivity contribution in [3.8, 4) is 11.5 Å². The van der Waals surface area contributed by atoms with E-state index in [-0.39, 0.29) is 6.03 Å². The highest BCUT2D eigenvalue weighted by molar-refractivity contribution is 6.31. The van der Waals surface area contributed by atoms with Crippen molar-refractivity contribution >= 4 is 23.6 Å². The summed E-state index contributed by atoms with van der Waals surface area (Å²) in [4.78, 5) is 26.0. The Bertz CT molecular complexity index is 747. The summed E-state index contributed by atoms with van der Waals surface area (Å²) in [6, 6.07) is 2.21. The summed E-state index contributed by atoms with van der Waals surface area (Å²) in [5, 5.41) is 3.14. The molecule has 1 aliphatic rings. The Morgan fingerprint density at radius 1 is 1.23 bits per heavy atom. The van der Waals surface area contributed by atoms with Crippen LogP contribution < -0.4 is 14.8 Å². The molecule has 2 rings (SSSR count). The maximum absolute atomic E-state index is 12.3. The fourth-order valence-electron chi connectivity index (χ4n) is 2.75. The van der Waals surface area contributed by atoms with E-state index in [0.29, 0.717) is 46.6 Å². The average molecular weight is 383 g/mol. The summed E-state index contributed by atoms with van der Waals surface area (Å²) in [6.45, 7) is 6.28. The topological polar surface area (TPSA) is 77.1 Å². The van der Waals surface area contributed by atoms with Crippen LogP contribution >= 0.6 is 11.6 Å². The number of halogens is 1. The molecule has 1 aliphatic heterocycles. The predicted octanol–water partition coefficient (Wildman–Crippen LogP) is 3.28. The molecule has 1 heterocycles. The van der Waals surface area contributed by atoms with Gasteiger partial charge < -0.3 is 24.4 Å². The molecular weight excluding hydrogens is 360 g/mol. The van der Waals surface area contributed by atoms with Gasteiger partial charge in [0, 0.05) is 24.4 Å². The third-order valence-corrected chi connectivity index (χ3v) is 4.46.